The largest absolute Gasteiger partial charge is 0.361 e. The Kier molecular flexibility index (Phi) is 2.66. The molecule has 1 saturated heterocycles. The number of benzene rings is 1. The zero-order valence-corrected chi connectivity index (χ0v) is 9.58. The van der Waals surface area contributed by atoms with Crippen molar-refractivity contribution in [3.05, 3.63) is 36.0 Å². The molecule has 2 heteroatoms. The lowest BCUT2D eigenvalue weighted by Crippen LogP contribution is -2.29. The van der Waals surface area contributed by atoms with Crippen molar-refractivity contribution >= 4 is 10.9 Å². The number of nitrogens with one attached hydrogen (secondary N) is 1. The van der Waals surface area contributed by atoms with Gasteiger partial charge in [0.1, 0.15) is 0 Å². The molecule has 1 N–H and O–H groups in total. The van der Waals surface area contributed by atoms with Gasteiger partial charge < -0.3 is 4.98 Å². The Morgan fingerprint density at radius 2 is 1.94 bits per heavy atom. The predicted octanol–water partition coefficient (Wildman–Crippen LogP) is 3.15. The van der Waals surface area contributed by atoms with Crippen molar-refractivity contribution in [3.63, 3.8) is 0 Å². The Labute approximate surface area is 96.3 Å². The summed E-state index contributed by atoms with van der Waals surface area (Å²) in [6.07, 6.45) is 6.17. The Morgan fingerprint density at radius 3 is 2.81 bits per heavy atom. The zero-order valence-electron chi connectivity index (χ0n) is 9.58. The number of rotatable bonds is 2. The van der Waals surface area contributed by atoms with Gasteiger partial charge in [-0.25, -0.2) is 0 Å². The van der Waals surface area contributed by atoms with Gasteiger partial charge in [0.25, 0.3) is 0 Å². The summed E-state index contributed by atoms with van der Waals surface area (Å²) >= 11 is 0. The molecule has 1 fully saturated rings. The highest BCUT2D eigenvalue weighted by Crippen LogP contribution is 2.20. The minimum Gasteiger partial charge on any atom is -0.361 e. The van der Waals surface area contributed by atoms with Crippen LogP contribution in [0.25, 0.3) is 10.9 Å². The zero-order chi connectivity index (χ0) is 10.8. The predicted molar refractivity (Wildman–Crippen MR) is 67.4 cm³/mol. The van der Waals surface area contributed by atoms with Gasteiger partial charge in [-0.2, -0.15) is 0 Å². The molecule has 1 aliphatic heterocycles. The van der Waals surface area contributed by atoms with Gasteiger partial charge in [0, 0.05) is 23.6 Å². The first kappa shape index (κ1) is 9.91. The van der Waals surface area contributed by atoms with E-state index in [2.05, 4.69) is 34.1 Å². The maximum absolute atomic E-state index is 3.28. The van der Waals surface area contributed by atoms with E-state index in [4.69, 9.17) is 0 Å². The molecule has 0 saturated carbocycles. The van der Waals surface area contributed by atoms with Crippen LogP contribution < -0.4 is 0 Å². The topological polar surface area (TPSA) is 19.0 Å². The van der Waals surface area contributed by atoms with Crippen molar-refractivity contribution in [3.8, 4) is 0 Å². The lowest BCUT2D eigenvalue weighted by Gasteiger charge is -2.26. The highest BCUT2D eigenvalue weighted by atomic mass is 15.1. The van der Waals surface area contributed by atoms with E-state index >= 15 is 0 Å². The number of nitrogens with zero attached hydrogens (tertiary/aromatic N) is 1. The smallest absolute Gasteiger partial charge is 0.0457 e. The third-order valence-corrected chi connectivity index (χ3v) is 3.53. The minimum absolute atomic E-state index is 1.11. The Morgan fingerprint density at radius 1 is 1.06 bits per heavy atom. The molecule has 2 aromatic rings. The van der Waals surface area contributed by atoms with E-state index in [1.54, 1.807) is 0 Å². The van der Waals surface area contributed by atoms with Crippen LogP contribution in [0.1, 0.15) is 24.8 Å². The van der Waals surface area contributed by atoms with Crippen LogP contribution in [0.4, 0.5) is 0 Å². The fourth-order valence-corrected chi connectivity index (χ4v) is 2.65. The summed E-state index contributed by atoms with van der Waals surface area (Å²) in [5.74, 6) is 0. The van der Waals surface area contributed by atoms with E-state index in [1.165, 1.54) is 48.8 Å². The molecule has 0 radical (unpaired) electrons. The molecule has 84 valence electrons. The van der Waals surface area contributed by atoms with Crippen LogP contribution in [0.15, 0.2) is 30.5 Å². The summed E-state index contributed by atoms with van der Waals surface area (Å²) < 4.78 is 0. The molecule has 0 spiro atoms. The van der Waals surface area contributed by atoms with Gasteiger partial charge in [0.2, 0.25) is 0 Å². The molecule has 0 atom stereocenters. The molecule has 0 unspecified atom stereocenters. The van der Waals surface area contributed by atoms with Crippen LogP contribution in [0, 0.1) is 0 Å². The second-order valence-electron chi connectivity index (χ2n) is 4.69. The van der Waals surface area contributed by atoms with Crippen LogP contribution in [0.2, 0.25) is 0 Å². The fraction of sp³-hybridized carbons (Fsp3) is 0.429. The molecular formula is C14H18N2. The summed E-state index contributed by atoms with van der Waals surface area (Å²) in [6.45, 7) is 3.64. The standard InChI is InChI=1S/C14H18N2/c1-2-9-16(10-3-1)11-12-5-4-6-14-13(12)7-8-15-14/h4-8,15H,1-3,9-11H2. The number of likely N-dealkylation sites (tertiary alicyclic amines) is 1. The lowest BCUT2D eigenvalue weighted by atomic mass is 10.1. The van der Waals surface area contributed by atoms with E-state index in [0.717, 1.165) is 6.54 Å². The molecule has 2 nitrogen and oxygen atoms in total. The van der Waals surface area contributed by atoms with Crippen LogP contribution in [-0.4, -0.2) is 23.0 Å². The highest BCUT2D eigenvalue weighted by molar-refractivity contribution is 5.82. The Balaban J connectivity index is 1.85. The lowest BCUT2D eigenvalue weighted by molar-refractivity contribution is 0.221. The van der Waals surface area contributed by atoms with E-state index in [-0.39, 0.29) is 0 Å². The quantitative estimate of drug-likeness (QED) is 0.813. The van der Waals surface area contributed by atoms with Gasteiger partial charge in [0.15, 0.2) is 0 Å². The second-order valence-corrected chi connectivity index (χ2v) is 4.69. The minimum atomic E-state index is 1.11. The van der Waals surface area contributed by atoms with E-state index < -0.39 is 0 Å². The molecule has 1 aliphatic rings. The van der Waals surface area contributed by atoms with Gasteiger partial charge in [-0.15, -0.1) is 0 Å². The van der Waals surface area contributed by atoms with Crippen molar-refractivity contribution in [2.75, 3.05) is 13.1 Å². The fourth-order valence-electron chi connectivity index (χ4n) is 2.65. The Bertz CT molecular complexity index is 466. The third-order valence-electron chi connectivity index (χ3n) is 3.53. The van der Waals surface area contributed by atoms with Gasteiger partial charge in [-0.3, -0.25) is 4.90 Å². The van der Waals surface area contributed by atoms with E-state index in [1.807, 2.05) is 6.20 Å². The summed E-state index contributed by atoms with van der Waals surface area (Å²) in [5, 5.41) is 1.38. The third kappa shape index (κ3) is 1.85. The normalized spacial score (nSPS) is 18.0. The number of piperidine rings is 1. The highest BCUT2D eigenvalue weighted by Gasteiger charge is 2.11. The number of hydrogen-bond acceptors (Lipinski definition) is 1. The first-order chi connectivity index (χ1) is 7.93. The molecule has 2 heterocycles. The monoisotopic (exact) mass is 214 g/mol. The maximum Gasteiger partial charge on any atom is 0.0457 e. The summed E-state index contributed by atoms with van der Waals surface area (Å²) in [4.78, 5) is 5.85. The van der Waals surface area contributed by atoms with Gasteiger partial charge in [-0.1, -0.05) is 18.6 Å². The molecule has 0 bridgehead atoms. The first-order valence-electron chi connectivity index (χ1n) is 6.21. The van der Waals surface area contributed by atoms with Crippen LogP contribution in [-0.2, 0) is 6.54 Å². The number of fused-ring (bicyclic) bond motifs is 1. The van der Waals surface area contributed by atoms with E-state index in [9.17, 15) is 0 Å². The van der Waals surface area contributed by atoms with Crippen molar-refractivity contribution < 1.29 is 0 Å². The van der Waals surface area contributed by atoms with Crippen LogP contribution in [0.3, 0.4) is 0 Å². The van der Waals surface area contributed by atoms with Crippen LogP contribution >= 0.6 is 0 Å². The molecular weight excluding hydrogens is 196 g/mol. The molecule has 3 rings (SSSR count). The van der Waals surface area contributed by atoms with Gasteiger partial charge in [0.05, 0.1) is 0 Å². The number of hydrogen-bond donors (Lipinski definition) is 1. The van der Waals surface area contributed by atoms with Gasteiger partial charge >= 0.3 is 0 Å². The second kappa shape index (κ2) is 4.30. The number of aromatic amines is 1. The summed E-state index contributed by atoms with van der Waals surface area (Å²) in [7, 11) is 0. The van der Waals surface area contributed by atoms with Crippen molar-refractivity contribution in [2.45, 2.75) is 25.8 Å². The number of aromatic nitrogens is 1. The van der Waals surface area contributed by atoms with Crippen molar-refractivity contribution in [1.29, 1.82) is 0 Å². The summed E-state index contributed by atoms with van der Waals surface area (Å²) in [5.41, 5.74) is 2.72. The molecule has 1 aromatic carbocycles. The summed E-state index contributed by atoms with van der Waals surface area (Å²) in [6, 6.07) is 8.74. The molecule has 16 heavy (non-hydrogen) atoms. The van der Waals surface area contributed by atoms with Gasteiger partial charge in [-0.05, 0) is 43.6 Å². The molecule has 0 amide bonds. The van der Waals surface area contributed by atoms with Crippen molar-refractivity contribution in [2.24, 2.45) is 0 Å². The SMILES string of the molecule is c1cc(CN2CCCCC2)c2cc[nH]c2c1. The van der Waals surface area contributed by atoms with Crippen LogP contribution in [0.5, 0.6) is 0 Å². The average Bonchev–Trinajstić information content (AvgIpc) is 2.80. The molecule has 1 aromatic heterocycles. The average molecular weight is 214 g/mol. The number of H-pyrrole nitrogens is 1. The first-order valence-corrected chi connectivity index (χ1v) is 6.21. The maximum atomic E-state index is 3.28. The van der Waals surface area contributed by atoms with E-state index in [0.29, 0.717) is 0 Å². The van der Waals surface area contributed by atoms with Crippen molar-refractivity contribution in [1.82, 2.24) is 9.88 Å². The Hall–Kier alpha value is -1.28. The molecule has 0 aliphatic carbocycles.